The minimum absolute atomic E-state index is 0.0262. The molecule has 1 aliphatic heterocycles. The molecule has 4 heterocycles. The maximum atomic E-state index is 13.0. The van der Waals surface area contributed by atoms with Crippen molar-refractivity contribution in [2.45, 2.75) is 44.4 Å². The number of sulfonamides is 1. The predicted molar refractivity (Wildman–Crippen MR) is 169 cm³/mol. The van der Waals surface area contributed by atoms with Gasteiger partial charge >= 0.3 is 0 Å². The van der Waals surface area contributed by atoms with Gasteiger partial charge in [-0.15, -0.1) is 0 Å². The Kier molecular flexibility index (Phi) is 8.89. The van der Waals surface area contributed by atoms with E-state index in [1.165, 1.54) is 22.6 Å². The van der Waals surface area contributed by atoms with E-state index in [2.05, 4.69) is 25.2 Å². The molecule has 14 nitrogen and oxygen atoms in total. The molecule has 0 radical (unpaired) electrons. The highest BCUT2D eigenvalue weighted by Crippen LogP contribution is 2.34. The smallest absolute Gasteiger partial charge is 0.269 e. The molecule has 6 rings (SSSR count). The first-order chi connectivity index (χ1) is 21.7. The number of fused-ring (bicyclic) bond motifs is 1. The van der Waals surface area contributed by atoms with Crippen LogP contribution in [0.4, 0.5) is 23.1 Å². The molecular formula is C30H34N8O6S. The second-order valence-corrected chi connectivity index (χ2v) is 13.1. The fourth-order valence-electron chi connectivity index (χ4n) is 5.58. The van der Waals surface area contributed by atoms with Crippen LogP contribution in [0.1, 0.15) is 31.2 Å². The van der Waals surface area contributed by atoms with E-state index in [-0.39, 0.29) is 24.4 Å². The molecule has 0 atom stereocenters. The van der Waals surface area contributed by atoms with E-state index in [0.717, 1.165) is 37.8 Å². The molecule has 15 heteroatoms. The Morgan fingerprint density at radius 1 is 1.07 bits per heavy atom. The van der Waals surface area contributed by atoms with E-state index in [1.807, 2.05) is 6.07 Å². The average Bonchev–Trinajstić information content (AvgIpc) is 3.05. The van der Waals surface area contributed by atoms with Gasteiger partial charge in [-0.05, 0) is 43.4 Å². The number of nitro benzene ring substituents is 1. The number of hydrogen-bond acceptors (Lipinski definition) is 12. The summed E-state index contributed by atoms with van der Waals surface area (Å²) < 4.78 is 39.3. The van der Waals surface area contributed by atoms with Gasteiger partial charge in [0.05, 0.1) is 53.7 Å². The fourth-order valence-corrected chi connectivity index (χ4v) is 6.44. The number of hydrogen-bond donors (Lipinski definition) is 1. The van der Waals surface area contributed by atoms with E-state index in [4.69, 9.17) is 14.5 Å². The van der Waals surface area contributed by atoms with Gasteiger partial charge in [-0.1, -0.05) is 12.1 Å². The fraction of sp³-hybridized carbons (Fsp3) is 0.400. The van der Waals surface area contributed by atoms with Crippen molar-refractivity contribution in [1.82, 2.24) is 19.9 Å². The molecule has 0 spiro atoms. The molecule has 0 unspecified atom stereocenters. The Balaban J connectivity index is 1.29. The van der Waals surface area contributed by atoms with Crippen LogP contribution in [0.5, 0.6) is 5.88 Å². The lowest BCUT2D eigenvalue weighted by atomic mass is 9.93. The summed E-state index contributed by atoms with van der Waals surface area (Å²) in [6.07, 6.45) is 9.27. The SMILES string of the molecule is CS(=O)(=O)N(Cc1ccc([N+](=O)[O-])cc1)c1cnc2cc(N3CCOCC3)nc(OC3CCC(Nc4ncccn4)CC3)c2c1. The van der Waals surface area contributed by atoms with Gasteiger partial charge in [0.15, 0.2) is 0 Å². The number of benzene rings is 1. The minimum Gasteiger partial charge on any atom is -0.474 e. The van der Waals surface area contributed by atoms with Crippen LogP contribution >= 0.6 is 0 Å². The van der Waals surface area contributed by atoms with Gasteiger partial charge < -0.3 is 19.7 Å². The standard InChI is InChI=1S/C30H34N8O6S/c1-45(41,42)37(20-21-3-7-23(8-4-21)38(39)40)24-17-26-27(33-19-24)18-28(36-13-15-43-16-14-36)35-29(26)44-25-9-5-22(6-10-25)34-30-31-11-2-12-32-30/h2-4,7-8,11-12,17-19,22,25H,5-6,9-10,13-16,20H2,1H3,(H,31,32,34). The molecule has 1 saturated carbocycles. The topological polar surface area (TPSA) is 166 Å². The maximum Gasteiger partial charge on any atom is 0.269 e. The quantitative estimate of drug-likeness (QED) is 0.198. The Hall–Kier alpha value is -4.63. The molecule has 45 heavy (non-hydrogen) atoms. The molecular weight excluding hydrogens is 600 g/mol. The zero-order chi connectivity index (χ0) is 31.4. The molecule has 0 bridgehead atoms. The number of rotatable bonds is 10. The van der Waals surface area contributed by atoms with Gasteiger partial charge in [0, 0.05) is 49.7 Å². The third kappa shape index (κ3) is 7.37. The third-order valence-electron chi connectivity index (χ3n) is 7.96. The Labute approximate surface area is 260 Å². The Morgan fingerprint density at radius 2 is 1.78 bits per heavy atom. The maximum absolute atomic E-state index is 13.0. The molecule has 1 aromatic carbocycles. The monoisotopic (exact) mass is 634 g/mol. The third-order valence-corrected chi connectivity index (χ3v) is 9.11. The Morgan fingerprint density at radius 3 is 2.44 bits per heavy atom. The predicted octanol–water partition coefficient (Wildman–Crippen LogP) is 3.93. The summed E-state index contributed by atoms with van der Waals surface area (Å²) >= 11 is 0. The number of aromatic nitrogens is 4. The second kappa shape index (κ2) is 13.2. The number of non-ortho nitro benzene ring substituents is 1. The van der Waals surface area contributed by atoms with Gasteiger partial charge in [-0.2, -0.15) is 4.98 Å². The van der Waals surface area contributed by atoms with E-state index in [1.54, 1.807) is 36.7 Å². The van der Waals surface area contributed by atoms with E-state index < -0.39 is 14.9 Å². The summed E-state index contributed by atoms with van der Waals surface area (Å²) in [6.45, 7) is 2.53. The first-order valence-corrected chi connectivity index (χ1v) is 16.6. The van der Waals surface area contributed by atoms with Crippen LogP contribution in [0.2, 0.25) is 0 Å². The highest BCUT2D eigenvalue weighted by Gasteiger charge is 2.26. The van der Waals surface area contributed by atoms with Crippen molar-refractivity contribution in [3.8, 4) is 5.88 Å². The van der Waals surface area contributed by atoms with E-state index in [0.29, 0.717) is 60.3 Å². The van der Waals surface area contributed by atoms with E-state index in [9.17, 15) is 18.5 Å². The molecule has 0 amide bonds. The summed E-state index contributed by atoms with van der Waals surface area (Å²) in [7, 11) is -3.75. The lowest BCUT2D eigenvalue weighted by Gasteiger charge is -2.31. The number of anilines is 3. The summed E-state index contributed by atoms with van der Waals surface area (Å²) in [6, 6.07) is 11.4. The summed E-state index contributed by atoms with van der Waals surface area (Å²) in [5.41, 5.74) is 1.49. The highest BCUT2D eigenvalue weighted by atomic mass is 32.2. The van der Waals surface area contributed by atoms with Crippen molar-refractivity contribution in [2.75, 3.05) is 47.1 Å². The van der Waals surface area contributed by atoms with Gasteiger partial charge in [0.2, 0.25) is 21.9 Å². The zero-order valence-electron chi connectivity index (χ0n) is 24.8. The van der Waals surface area contributed by atoms with Crippen molar-refractivity contribution >= 4 is 44.1 Å². The van der Waals surface area contributed by atoms with Crippen molar-refractivity contribution in [1.29, 1.82) is 0 Å². The van der Waals surface area contributed by atoms with Crippen molar-refractivity contribution in [3.05, 3.63) is 76.7 Å². The number of nitrogens with one attached hydrogen (secondary N) is 1. The zero-order valence-corrected chi connectivity index (χ0v) is 25.6. The minimum atomic E-state index is -3.75. The van der Waals surface area contributed by atoms with Gasteiger partial charge in [0.25, 0.3) is 5.69 Å². The molecule has 1 saturated heterocycles. The lowest BCUT2D eigenvalue weighted by molar-refractivity contribution is -0.384. The molecule has 2 fully saturated rings. The first kappa shape index (κ1) is 30.4. The number of morpholine rings is 1. The normalized spacial score (nSPS) is 18.8. The van der Waals surface area contributed by atoms with Crippen LogP contribution in [0.25, 0.3) is 10.9 Å². The van der Waals surface area contributed by atoms with Crippen molar-refractivity contribution < 1.29 is 22.8 Å². The number of pyridine rings is 2. The summed E-state index contributed by atoms with van der Waals surface area (Å²) in [4.78, 5) is 30.8. The molecule has 236 valence electrons. The highest BCUT2D eigenvalue weighted by molar-refractivity contribution is 7.92. The summed E-state index contributed by atoms with van der Waals surface area (Å²) in [5.74, 6) is 1.73. The van der Waals surface area contributed by atoms with Crippen molar-refractivity contribution in [3.63, 3.8) is 0 Å². The Bertz CT molecular complexity index is 1750. The van der Waals surface area contributed by atoms with Crippen LogP contribution in [-0.4, -0.2) is 78.0 Å². The lowest BCUT2D eigenvalue weighted by Crippen LogP contribution is -2.37. The molecule has 1 aliphatic carbocycles. The van der Waals surface area contributed by atoms with Gasteiger partial charge in [-0.25, -0.2) is 18.4 Å². The number of nitrogens with zero attached hydrogens (tertiary/aromatic N) is 7. The molecule has 2 aliphatic rings. The number of ether oxygens (including phenoxy) is 2. The van der Waals surface area contributed by atoms with Crippen LogP contribution < -0.4 is 19.3 Å². The largest absolute Gasteiger partial charge is 0.474 e. The molecule has 3 aromatic heterocycles. The first-order valence-electron chi connectivity index (χ1n) is 14.8. The van der Waals surface area contributed by atoms with Crippen LogP contribution in [0.3, 0.4) is 0 Å². The average molecular weight is 635 g/mol. The van der Waals surface area contributed by atoms with Crippen molar-refractivity contribution in [2.24, 2.45) is 0 Å². The van der Waals surface area contributed by atoms with Crippen LogP contribution in [-0.2, 0) is 21.3 Å². The summed E-state index contributed by atoms with van der Waals surface area (Å²) in [5, 5.41) is 15.1. The van der Waals surface area contributed by atoms with Crippen LogP contribution in [0, 0.1) is 10.1 Å². The number of nitro groups is 1. The van der Waals surface area contributed by atoms with Gasteiger partial charge in [0.1, 0.15) is 11.9 Å². The molecule has 1 N–H and O–H groups in total. The van der Waals surface area contributed by atoms with E-state index >= 15 is 0 Å². The second-order valence-electron chi connectivity index (χ2n) is 11.1. The van der Waals surface area contributed by atoms with Crippen LogP contribution in [0.15, 0.2) is 61.1 Å². The molecule has 4 aromatic rings. The van der Waals surface area contributed by atoms with Gasteiger partial charge in [-0.3, -0.25) is 19.4 Å².